The van der Waals surface area contributed by atoms with Crippen LogP contribution in [0.25, 0.3) is 0 Å². The summed E-state index contributed by atoms with van der Waals surface area (Å²) in [6.07, 6.45) is 0.746. The van der Waals surface area contributed by atoms with Crippen molar-refractivity contribution in [3.8, 4) is 5.75 Å². The van der Waals surface area contributed by atoms with E-state index >= 15 is 0 Å². The highest BCUT2D eigenvalue weighted by molar-refractivity contribution is 5.90. The molecule has 3 N–H and O–H groups in total. The number of hydrogen-bond acceptors (Lipinski definition) is 3. The Morgan fingerprint density at radius 2 is 2.21 bits per heavy atom. The molecule has 1 aromatic rings. The Labute approximate surface area is 110 Å². The van der Waals surface area contributed by atoms with Gasteiger partial charge in [0.2, 0.25) is 5.91 Å². The molecule has 0 bridgehead atoms. The minimum absolute atomic E-state index is 0.0556. The molecule has 6 heteroatoms. The summed E-state index contributed by atoms with van der Waals surface area (Å²) in [6, 6.07) is 6.95. The molecule has 0 spiro atoms. The minimum atomic E-state index is -0.496. The standard InChI is InChI=1S/C13H15N3O3/c17-12(10-6-14-13(18)16-10)15-9-5-8-3-1-2-4-11(8)19-7-9/h1-4,9-10H,5-7H2,(H,15,17)(H2,14,16,18). The molecule has 0 saturated carbocycles. The minimum Gasteiger partial charge on any atom is -0.491 e. The van der Waals surface area contributed by atoms with Gasteiger partial charge in [-0.2, -0.15) is 0 Å². The quantitative estimate of drug-likeness (QED) is 0.689. The normalized spacial score (nSPS) is 24.7. The summed E-state index contributed by atoms with van der Waals surface area (Å²) in [7, 11) is 0. The number of ether oxygens (including phenoxy) is 1. The summed E-state index contributed by atoms with van der Waals surface area (Å²) < 4.78 is 5.60. The van der Waals surface area contributed by atoms with E-state index in [1.807, 2.05) is 24.3 Å². The van der Waals surface area contributed by atoms with Gasteiger partial charge in [-0.3, -0.25) is 4.79 Å². The summed E-state index contributed by atoms with van der Waals surface area (Å²) in [5.41, 5.74) is 1.09. The Morgan fingerprint density at radius 3 is 3.00 bits per heavy atom. The molecule has 2 aliphatic heterocycles. The summed E-state index contributed by atoms with van der Waals surface area (Å²) in [5, 5.41) is 8.02. The summed E-state index contributed by atoms with van der Waals surface area (Å²) in [6.45, 7) is 0.783. The molecule has 3 amide bonds. The molecule has 19 heavy (non-hydrogen) atoms. The number of amides is 3. The molecular formula is C13H15N3O3. The van der Waals surface area contributed by atoms with Crippen LogP contribution in [0.2, 0.25) is 0 Å². The first-order valence-electron chi connectivity index (χ1n) is 6.28. The van der Waals surface area contributed by atoms with Crippen LogP contribution in [0.5, 0.6) is 5.75 Å². The number of urea groups is 1. The van der Waals surface area contributed by atoms with Gasteiger partial charge in [-0.05, 0) is 18.1 Å². The summed E-state index contributed by atoms with van der Waals surface area (Å²) in [4.78, 5) is 22.9. The van der Waals surface area contributed by atoms with E-state index in [0.29, 0.717) is 13.2 Å². The highest BCUT2D eigenvalue weighted by atomic mass is 16.5. The zero-order chi connectivity index (χ0) is 13.2. The van der Waals surface area contributed by atoms with Crippen molar-refractivity contribution in [2.24, 2.45) is 0 Å². The lowest BCUT2D eigenvalue weighted by molar-refractivity contribution is -0.123. The average molecular weight is 261 g/mol. The van der Waals surface area contributed by atoms with Crippen molar-refractivity contribution >= 4 is 11.9 Å². The molecule has 0 aromatic heterocycles. The van der Waals surface area contributed by atoms with Gasteiger partial charge in [0.25, 0.3) is 0 Å². The van der Waals surface area contributed by atoms with Crippen molar-refractivity contribution in [3.63, 3.8) is 0 Å². The van der Waals surface area contributed by atoms with E-state index in [9.17, 15) is 9.59 Å². The third-order valence-corrected chi connectivity index (χ3v) is 3.31. The van der Waals surface area contributed by atoms with Gasteiger partial charge in [-0.15, -0.1) is 0 Å². The van der Waals surface area contributed by atoms with Gasteiger partial charge in [0, 0.05) is 6.54 Å². The maximum atomic E-state index is 11.9. The molecule has 1 fully saturated rings. The second-order valence-corrected chi connectivity index (χ2v) is 4.74. The van der Waals surface area contributed by atoms with Crippen molar-refractivity contribution in [1.82, 2.24) is 16.0 Å². The number of rotatable bonds is 2. The molecule has 3 rings (SSSR count). The van der Waals surface area contributed by atoms with Crippen LogP contribution in [0, 0.1) is 0 Å². The first-order chi connectivity index (χ1) is 9.22. The molecule has 2 aliphatic rings. The van der Waals surface area contributed by atoms with Crippen molar-refractivity contribution in [1.29, 1.82) is 0 Å². The van der Waals surface area contributed by atoms with Gasteiger partial charge in [0.1, 0.15) is 18.4 Å². The number of benzene rings is 1. The maximum Gasteiger partial charge on any atom is 0.315 e. The second kappa shape index (κ2) is 4.79. The second-order valence-electron chi connectivity index (χ2n) is 4.74. The van der Waals surface area contributed by atoms with Gasteiger partial charge in [-0.25, -0.2) is 4.79 Å². The Morgan fingerprint density at radius 1 is 1.37 bits per heavy atom. The number of carbonyl (C=O) groups is 2. The Bertz CT molecular complexity index is 518. The third kappa shape index (κ3) is 2.47. The molecule has 100 valence electrons. The van der Waals surface area contributed by atoms with E-state index in [1.54, 1.807) is 0 Å². The Hall–Kier alpha value is -2.24. The van der Waals surface area contributed by atoms with E-state index in [4.69, 9.17) is 4.74 Å². The number of hydrogen-bond donors (Lipinski definition) is 3. The van der Waals surface area contributed by atoms with Gasteiger partial charge in [-0.1, -0.05) is 18.2 Å². The van der Waals surface area contributed by atoms with Crippen LogP contribution in [0.1, 0.15) is 5.56 Å². The number of para-hydroxylation sites is 1. The first kappa shape index (κ1) is 11.8. The van der Waals surface area contributed by atoms with Gasteiger partial charge < -0.3 is 20.7 Å². The van der Waals surface area contributed by atoms with Crippen LogP contribution in [0.4, 0.5) is 4.79 Å². The summed E-state index contributed by atoms with van der Waals surface area (Å²) >= 11 is 0. The zero-order valence-electron chi connectivity index (χ0n) is 10.3. The first-order valence-corrected chi connectivity index (χ1v) is 6.28. The van der Waals surface area contributed by atoms with Gasteiger partial charge in [0.15, 0.2) is 0 Å². The number of fused-ring (bicyclic) bond motifs is 1. The summed E-state index contributed by atoms with van der Waals surface area (Å²) in [5.74, 6) is 0.704. The number of nitrogens with one attached hydrogen (secondary N) is 3. The van der Waals surface area contributed by atoms with Crippen molar-refractivity contribution in [2.75, 3.05) is 13.2 Å². The van der Waals surface area contributed by atoms with Crippen molar-refractivity contribution < 1.29 is 14.3 Å². The topological polar surface area (TPSA) is 79.5 Å². The van der Waals surface area contributed by atoms with Crippen LogP contribution in [-0.4, -0.2) is 37.2 Å². The molecule has 2 heterocycles. The lowest BCUT2D eigenvalue weighted by Gasteiger charge is -2.26. The molecule has 2 unspecified atom stereocenters. The zero-order valence-corrected chi connectivity index (χ0v) is 10.3. The van der Waals surface area contributed by atoms with Crippen LogP contribution < -0.4 is 20.7 Å². The largest absolute Gasteiger partial charge is 0.491 e. The lowest BCUT2D eigenvalue weighted by Crippen LogP contribution is -2.50. The highest BCUT2D eigenvalue weighted by Gasteiger charge is 2.29. The monoisotopic (exact) mass is 261 g/mol. The molecule has 1 aromatic carbocycles. The lowest BCUT2D eigenvalue weighted by atomic mass is 10.0. The fourth-order valence-electron chi connectivity index (χ4n) is 2.34. The number of carbonyl (C=O) groups excluding carboxylic acids is 2. The van der Waals surface area contributed by atoms with E-state index in [0.717, 1.165) is 17.7 Å². The molecule has 1 saturated heterocycles. The molecular weight excluding hydrogens is 246 g/mol. The molecule has 0 aliphatic carbocycles. The van der Waals surface area contributed by atoms with Gasteiger partial charge in [0.05, 0.1) is 6.04 Å². The molecule has 6 nitrogen and oxygen atoms in total. The van der Waals surface area contributed by atoms with E-state index in [1.165, 1.54) is 0 Å². The Kier molecular flexibility index (Phi) is 2.98. The fraction of sp³-hybridized carbons (Fsp3) is 0.385. The third-order valence-electron chi connectivity index (χ3n) is 3.31. The van der Waals surface area contributed by atoms with E-state index in [-0.39, 0.29) is 18.0 Å². The molecule has 2 atom stereocenters. The van der Waals surface area contributed by atoms with E-state index < -0.39 is 6.04 Å². The highest BCUT2D eigenvalue weighted by Crippen LogP contribution is 2.23. The predicted molar refractivity (Wildman–Crippen MR) is 67.9 cm³/mol. The van der Waals surface area contributed by atoms with Crippen molar-refractivity contribution in [2.45, 2.75) is 18.5 Å². The van der Waals surface area contributed by atoms with Crippen molar-refractivity contribution in [3.05, 3.63) is 29.8 Å². The maximum absolute atomic E-state index is 11.9. The molecule has 0 radical (unpaired) electrons. The van der Waals surface area contributed by atoms with E-state index in [2.05, 4.69) is 16.0 Å². The predicted octanol–water partition coefficient (Wildman–Crippen LogP) is -0.212. The fourth-order valence-corrected chi connectivity index (χ4v) is 2.34. The smallest absolute Gasteiger partial charge is 0.315 e. The Balaban J connectivity index is 1.60. The van der Waals surface area contributed by atoms with Crippen LogP contribution in [0.15, 0.2) is 24.3 Å². The SMILES string of the molecule is O=C1NCC(C(=O)NC2COc3ccccc3C2)N1. The average Bonchev–Trinajstić information content (AvgIpc) is 2.85. The van der Waals surface area contributed by atoms with Crippen LogP contribution >= 0.6 is 0 Å². The van der Waals surface area contributed by atoms with Crippen LogP contribution in [-0.2, 0) is 11.2 Å². The van der Waals surface area contributed by atoms with Gasteiger partial charge >= 0.3 is 6.03 Å². The van der Waals surface area contributed by atoms with Crippen LogP contribution in [0.3, 0.4) is 0 Å².